The van der Waals surface area contributed by atoms with E-state index < -0.39 is 0 Å². The third kappa shape index (κ3) is 3.51. The zero-order valence-corrected chi connectivity index (χ0v) is 12.9. The van der Waals surface area contributed by atoms with Crippen molar-refractivity contribution in [3.63, 3.8) is 0 Å². The van der Waals surface area contributed by atoms with E-state index in [0.717, 1.165) is 25.9 Å². The van der Waals surface area contributed by atoms with E-state index in [1.807, 2.05) is 28.5 Å². The van der Waals surface area contributed by atoms with Gasteiger partial charge < -0.3 is 4.90 Å². The average Bonchev–Trinajstić information content (AvgIpc) is 3.20. The first-order valence-electron chi connectivity index (χ1n) is 7.31. The minimum atomic E-state index is -0.188. The number of likely N-dealkylation sites (tertiary alicyclic amines) is 1. The van der Waals surface area contributed by atoms with E-state index in [9.17, 15) is 9.59 Å². The molecule has 6 heteroatoms. The Bertz CT molecular complexity index is 663. The fourth-order valence-corrected chi connectivity index (χ4v) is 3.14. The summed E-state index contributed by atoms with van der Waals surface area (Å²) in [5.74, 6) is -0.0731. The third-order valence-corrected chi connectivity index (χ3v) is 4.41. The number of hydrogen-bond acceptors (Lipinski definition) is 4. The molecule has 0 aliphatic carbocycles. The summed E-state index contributed by atoms with van der Waals surface area (Å²) in [6, 6.07) is 9.00. The van der Waals surface area contributed by atoms with Crippen LogP contribution in [0.4, 0.5) is 5.13 Å². The Balaban J connectivity index is 1.59. The van der Waals surface area contributed by atoms with Gasteiger partial charge in [0, 0.05) is 24.0 Å². The molecule has 0 saturated carbocycles. The number of nitrogens with one attached hydrogen (secondary N) is 1. The lowest BCUT2D eigenvalue weighted by atomic mass is 10.2. The standard InChI is InChI=1S/C16H17N3O2S/c20-14(19-8-4-5-9-19)10-13-11-22-16(17-13)18-15(21)12-6-2-1-3-7-12/h1-3,6-7,11H,4-5,8-10H2,(H,17,18,21). The molecule has 2 amide bonds. The summed E-state index contributed by atoms with van der Waals surface area (Å²) in [5, 5.41) is 5.12. The molecule has 1 fully saturated rings. The number of rotatable bonds is 4. The van der Waals surface area contributed by atoms with E-state index in [1.165, 1.54) is 11.3 Å². The number of amides is 2. The van der Waals surface area contributed by atoms with Crippen molar-refractivity contribution in [1.29, 1.82) is 0 Å². The van der Waals surface area contributed by atoms with E-state index in [0.29, 0.717) is 22.8 Å². The first-order chi connectivity index (χ1) is 10.7. The van der Waals surface area contributed by atoms with Gasteiger partial charge >= 0.3 is 0 Å². The van der Waals surface area contributed by atoms with E-state index in [1.54, 1.807) is 12.1 Å². The molecule has 0 bridgehead atoms. The molecule has 22 heavy (non-hydrogen) atoms. The SMILES string of the molecule is O=C(Nc1nc(CC(=O)N2CCCC2)cs1)c1ccccc1. The zero-order valence-electron chi connectivity index (χ0n) is 12.1. The van der Waals surface area contributed by atoms with Crippen molar-refractivity contribution in [2.75, 3.05) is 18.4 Å². The van der Waals surface area contributed by atoms with Crippen LogP contribution >= 0.6 is 11.3 Å². The normalized spacial score (nSPS) is 14.1. The third-order valence-electron chi connectivity index (χ3n) is 3.60. The highest BCUT2D eigenvalue weighted by molar-refractivity contribution is 7.14. The van der Waals surface area contributed by atoms with Crippen LogP contribution in [0.1, 0.15) is 28.9 Å². The monoisotopic (exact) mass is 315 g/mol. The van der Waals surface area contributed by atoms with Crippen LogP contribution in [0, 0.1) is 0 Å². The van der Waals surface area contributed by atoms with Gasteiger partial charge in [0.05, 0.1) is 12.1 Å². The van der Waals surface area contributed by atoms with Crippen LogP contribution < -0.4 is 5.32 Å². The zero-order chi connectivity index (χ0) is 15.4. The van der Waals surface area contributed by atoms with Crippen molar-refractivity contribution in [2.45, 2.75) is 19.3 Å². The summed E-state index contributed by atoms with van der Waals surface area (Å²) in [5.41, 5.74) is 1.30. The fraction of sp³-hybridized carbons (Fsp3) is 0.312. The molecule has 1 aromatic heterocycles. The number of thiazole rings is 1. The summed E-state index contributed by atoms with van der Waals surface area (Å²) in [6.45, 7) is 1.70. The van der Waals surface area contributed by atoms with Crippen molar-refractivity contribution >= 4 is 28.3 Å². The maximum absolute atomic E-state index is 12.1. The van der Waals surface area contributed by atoms with Crippen molar-refractivity contribution in [3.05, 3.63) is 47.0 Å². The highest BCUT2D eigenvalue weighted by Crippen LogP contribution is 2.18. The Labute approximate surface area is 133 Å². The van der Waals surface area contributed by atoms with Gasteiger partial charge in [-0.15, -0.1) is 11.3 Å². The van der Waals surface area contributed by atoms with Crippen LogP contribution in [-0.4, -0.2) is 34.8 Å². The molecule has 0 spiro atoms. The van der Waals surface area contributed by atoms with Crippen LogP contribution in [-0.2, 0) is 11.2 Å². The summed E-state index contributed by atoms with van der Waals surface area (Å²) >= 11 is 1.34. The number of carbonyl (C=O) groups excluding carboxylic acids is 2. The summed E-state index contributed by atoms with van der Waals surface area (Å²) < 4.78 is 0. The Morgan fingerprint density at radius 1 is 1.18 bits per heavy atom. The van der Waals surface area contributed by atoms with Gasteiger partial charge in [-0.05, 0) is 25.0 Å². The lowest BCUT2D eigenvalue weighted by Gasteiger charge is -2.13. The fourth-order valence-electron chi connectivity index (χ4n) is 2.44. The van der Waals surface area contributed by atoms with Crippen molar-refractivity contribution in [2.24, 2.45) is 0 Å². The van der Waals surface area contributed by atoms with E-state index in [2.05, 4.69) is 10.3 Å². The number of hydrogen-bond donors (Lipinski definition) is 1. The van der Waals surface area contributed by atoms with Gasteiger partial charge in [0.2, 0.25) is 5.91 Å². The topological polar surface area (TPSA) is 62.3 Å². The first-order valence-corrected chi connectivity index (χ1v) is 8.19. The van der Waals surface area contributed by atoms with Gasteiger partial charge in [0.25, 0.3) is 5.91 Å². The second-order valence-electron chi connectivity index (χ2n) is 5.23. The molecule has 0 radical (unpaired) electrons. The molecule has 1 aliphatic rings. The largest absolute Gasteiger partial charge is 0.342 e. The number of aromatic nitrogens is 1. The number of carbonyl (C=O) groups is 2. The first kappa shape index (κ1) is 14.7. The molecular formula is C16H17N3O2S. The molecule has 1 aromatic carbocycles. The minimum Gasteiger partial charge on any atom is -0.342 e. The number of anilines is 1. The predicted octanol–water partition coefficient (Wildman–Crippen LogP) is 2.56. The Kier molecular flexibility index (Phi) is 4.48. The molecular weight excluding hydrogens is 298 g/mol. The average molecular weight is 315 g/mol. The molecule has 0 unspecified atom stereocenters. The minimum absolute atomic E-state index is 0.115. The van der Waals surface area contributed by atoms with Crippen molar-refractivity contribution < 1.29 is 9.59 Å². The van der Waals surface area contributed by atoms with E-state index in [-0.39, 0.29) is 11.8 Å². The molecule has 2 aromatic rings. The quantitative estimate of drug-likeness (QED) is 0.943. The Morgan fingerprint density at radius 2 is 1.91 bits per heavy atom. The van der Waals surface area contributed by atoms with Crippen LogP contribution in [0.2, 0.25) is 0 Å². The van der Waals surface area contributed by atoms with Gasteiger partial charge in [-0.3, -0.25) is 14.9 Å². The van der Waals surface area contributed by atoms with Crippen LogP contribution in [0.25, 0.3) is 0 Å². The van der Waals surface area contributed by atoms with Crippen molar-refractivity contribution in [1.82, 2.24) is 9.88 Å². The van der Waals surface area contributed by atoms with Gasteiger partial charge in [-0.2, -0.15) is 0 Å². The maximum Gasteiger partial charge on any atom is 0.257 e. The van der Waals surface area contributed by atoms with E-state index >= 15 is 0 Å². The van der Waals surface area contributed by atoms with Gasteiger partial charge in [-0.1, -0.05) is 18.2 Å². The lowest BCUT2D eigenvalue weighted by Crippen LogP contribution is -2.29. The molecule has 2 heterocycles. The molecule has 5 nitrogen and oxygen atoms in total. The second kappa shape index (κ2) is 6.70. The maximum atomic E-state index is 12.1. The lowest BCUT2D eigenvalue weighted by molar-refractivity contribution is -0.129. The predicted molar refractivity (Wildman–Crippen MR) is 86.0 cm³/mol. The summed E-state index contributed by atoms with van der Waals surface area (Å²) in [6.07, 6.45) is 2.47. The van der Waals surface area contributed by atoms with Gasteiger partial charge in [-0.25, -0.2) is 4.98 Å². The van der Waals surface area contributed by atoms with Gasteiger partial charge in [0.1, 0.15) is 0 Å². The number of benzene rings is 1. The molecule has 1 saturated heterocycles. The molecule has 3 rings (SSSR count). The highest BCUT2D eigenvalue weighted by atomic mass is 32.1. The smallest absolute Gasteiger partial charge is 0.257 e. The van der Waals surface area contributed by atoms with Crippen LogP contribution in [0.3, 0.4) is 0 Å². The Hall–Kier alpha value is -2.21. The molecule has 0 atom stereocenters. The molecule has 114 valence electrons. The van der Waals surface area contributed by atoms with Crippen LogP contribution in [0.5, 0.6) is 0 Å². The van der Waals surface area contributed by atoms with E-state index in [4.69, 9.17) is 0 Å². The number of nitrogens with zero attached hydrogens (tertiary/aromatic N) is 2. The highest BCUT2D eigenvalue weighted by Gasteiger charge is 2.19. The Morgan fingerprint density at radius 3 is 2.64 bits per heavy atom. The molecule has 1 aliphatic heterocycles. The molecule has 1 N–H and O–H groups in total. The van der Waals surface area contributed by atoms with Crippen LogP contribution in [0.15, 0.2) is 35.7 Å². The van der Waals surface area contributed by atoms with Crippen molar-refractivity contribution in [3.8, 4) is 0 Å². The summed E-state index contributed by atoms with van der Waals surface area (Å²) in [4.78, 5) is 30.3. The second-order valence-corrected chi connectivity index (χ2v) is 6.09. The summed E-state index contributed by atoms with van der Waals surface area (Å²) in [7, 11) is 0. The van der Waals surface area contributed by atoms with Gasteiger partial charge in [0.15, 0.2) is 5.13 Å².